The van der Waals surface area contributed by atoms with E-state index in [-0.39, 0.29) is 12.4 Å². The van der Waals surface area contributed by atoms with Crippen LogP contribution in [-0.2, 0) is 4.79 Å². The highest BCUT2D eigenvalue weighted by molar-refractivity contribution is 5.85. The molecule has 1 aliphatic carbocycles. The van der Waals surface area contributed by atoms with Crippen LogP contribution in [0.2, 0.25) is 0 Å². The van der Waals surface area contributed by atoms with E-state index >= 15 is 0 Å². The predicted molar refractivity (Wildman–Crippen MR) is 58.9 cm³/mol. The Morgan fingerprint density at radius 3 is 2.36 bits per heavy atom. The molecule has 0 unspecified atom stereocenters. The first-order valence-corrected chi connectivity index (χ1v) is 5.15. The summed E-state index contributed by atoms with van der Waals surface area (Å²) in [5, 5.41) is 12.3. The van der Waals surface area contributed by atoms with Gasteiger partial charge in [-0.15, -0.1) is 12.4 Å². The van der Waals surface area contributed by atoms with Gasteiger partial charge in [-0.25, -0.2) is 0 Å². The van der Waals surface area contributed by atoms with E-state index in [0.717, 1.165) is 32.2 Å². The third-order valence-electron chi connectivity index (χ3n) is 2.98. The zero-order chi connectivity index (χ0) is 9.73. The van der Waals surface area contributed by atoms with Crippen LogP contribution in [0, 0.1) is 5.41 Å². The first-order valence-electron chi connectivity index (χ1n) is 5.15. The molecule has 0 bridgehead atoms. The van der Waals surface area contributed by atoms with E-state index in [1.165, 1.54) is 6.42 Å². The number of carboxylic acid groups (broad SMARTS) is 1. The van der Waals surface area contributed by atoms with E-state index < -0.39 is 11.4 Å². The van der Waals surface area contributed by atoms with Crippen molar-refractivity contribution >= 4 is 18.4 Å². The molecule has 0 aromatic heterocycles. The molecular formula is C10H20ClNO2. The van der Waals surface area contributed by atoms with Crippen molar-refractivity contribution in [2.24, 2.45) is 5.41 Å². The highest BCUT2D eigenvalue weighted by Gasteiger charge is 2.38. The van der Waals surface area contributed by atoms with E-state index in [9.17, 15) is 9.90 Å². The number of carbonyl (C=O) groups is 1. The lowest BCUT2D eigenvalue weighted by Crippen LogP contribution is -2.42. The number of nitrogens with one attached hydrogen (secondary N) is 1. The molecule has 2 N–H and O–H groups in total. The Morgan fingerprint density at radius 1 is 1.36 bits per heavy atom. The Morgan fingerprint density at radius 2 is 1.93 bits per heavy atom. The maximum atomic E-state index is 11.1. The largest absolute Gasteiger partial charge is 0.481 e. The molecule has 0 heterocycles. The molecule has 3 nitrogen and oxygen atoms in total. The van der Waals surface area contributed by atoms with Gasteiger partial charge in [0, 0.05) is 6.54 Å². The molecule has 0 aromatic rings. The van der Waals surface area contributed by atoms with Crippen LogP contribution in [0.15, 0.2) is 0 Å². The van der Waals surface area contributed by atoms with E-state index in [2.05, 4.69) is 5.32 Å². The van der Waals surface area contributed by atoms with Gasteiger partial charge >= 0.3 is 5.97 Å². The summed E-state index contributed by atoms with van der Waals surface area (Å²) in [6, 6.07) is 0. The highest BCUT2D eigenvalue weighted by atomic mass is 35.5. The number of hydrogen-bond donors (Lipinski definition) is 2. The molecule has 0 aliphatic heterocycles. The van der Waals surface area contributed by atoms with Crippen molar-refractivity contribution in [1.29, 1.82) is 0 Å². The lowest BCUT2D eigenvalue weighted by molar-refractivity contribution is -0.150. The average molecular weight is 222 g/mol. The van der Waals surface area contributed by atoms with Gasteiger partial charge in [0.15, 0.2) is 0 Å². The summed E-state index contributed by atoms with van der Waals surface area (Å²) in [6.45, 7) is 3.51. The zero-order valence-corrected chi connectivity index (χ0v) is 9.53. The molecule has 0 radical (unpaired) electrons. The third-order valence-corrected chi connectivity index (χ3v) is 2.98. The fourth-order valence-corrected chi connectivity index (χ4v) is 2.06. The minimum atomic E-state index is -0.617. The Kier molecular flexibility index (Phi) is 6.12. The Balaban J connectivity index is 0.00000169. The van der Waals surface area contributed by atoms with Gasteiger partial charge in [-0.05, 0) is 19.4 Å². The van der Waals surface area contributed by atoms with Gasteiger partial charge in [-0.1, -0.05) is 26.2 Å². The topological polar surface area (TPSA) is 49.3 Å². The van der Waals surface area contributed by atoms with Gasteiger partial charge < -0.3 is 10.4 Å². The number of aliphatic carboxylic acids is 1. The standard InChI is InChI=1S/C10H19NO2.ClH/c1-2-11-8-10(9(12)13)6-4-3-5-7-10;/h11H,2-8H2,1H3,(H,12,13);1H. The summed E-state index contributed by atoms with van der Waals surface area (Å²) in [5.41, 5.74) is -0.464. The van der Waals surface area contributed by atoms with Crippen LogP contribution in [0.4, 0.5) is 0 Å². The van der Waals surface area contributed by atoms with Gasteiger partial charge in [0.2, 0.25) is 0 Å². The molecule has 84 valence electrons. The van der Waals surface area contributed by atoms with Crippen molar-refractivity contribution in [1.82, 2.24) is 5.32 Å². The quantitative estimate of drug-likeness (QED) is 0.764. The van der Waals surface area contributed by atoms with Crippen LogP contribution < -0.4 is 5.32 Å². The maximum Gasteiger partial charge on any atom is 0.310 e. The van der Waals surface area contributed by atoms with E-state index in [1.807, 2.05) is 6.92 Å². The van der Waals surface area contributed by atoms with Crippen molar-refractivity contribution in [3.05, 3.63) is 0 Å². The van der Waals surface area contributed by atoms with Crippen LogP contribution in [-0.4, -0.2) is 24.2 Å². The van der Waals surface area contributed by atoms with Crippen LogP contribution in [0.5, 0.6) is 0 Å². The average Bonchev–Trinajstić information content (AvgIpc) is 2.16. The van der Waals surface area contributed by atoms with Gasteiger partial charge in [0.05, 0.1) is 5.41 Å². The molecule has 0 atom stereocenters. The van der Waals surface area contributed by atoms with Crippen molar-refractivity contribution in [2.75, 3.05) is 13.1 Å². The normalized spacial score (nSPS) is 19.8. The third kappa shape index (κ3) is 3.14. The lowest BCUT2D eigenvalue weighted by atomic mass is 9.74. The number of rotatable bonds is 4. The second-order valence-electron chi connectivity index (χ2n) is 3.93. The lowest BCUT2D eigenvalue weighted by Gasteiger charge is -2.33. The minimum Gasteiger partial charge on any atom is -0.481 e. The highest BCUT2D eigenvalue weighted by Crippen LogP contribution is 2.35. The van der Waals surface area contributed by atoms with Crippen LogP contribution in [0.3, 0.4) is 0 Å². The second kappa shape index (κ2) is 6.25. The molecule has 0 spiro atoms. The molecule has 0 saturated heterocycles. The van der Waals surface area contributed by atoms with Crippen molar-refractivity contribution in [3.8, 4) is 0 Å². The minimum absolute atomic E-state index is 0. The molecule has 14 heavy (non-hydrogen) atoms. The van der Waals surface area contributed by atoms with Gasteiger partial charge in [0.25, 0.3) is 0 Å². The first-order chi connectivity index (χ1) is 6.21. The van der Waals surface area contributed by atoms with E-state index in [1.54, 1.807) is 0 Å². The number of hydrogen-bond acceptors (Lipinski definition) is 2. The SMILES string of the molecule is CCNCC1(C(=O)O)CCCCC1.Cl. The van der Waals surface area contributed by atoms with Gasteiger partial charge in [-0.3, -0.25) is 4.79 Å². The molecule has 1 aliphatic rings. The Bertz CT molecular complexity index is 179. The first kappa shape index (κ1) is 13.7. The maximum absolute atomic E-state index is 11.1. The molecule has 1 saturated carbocycles. The van der Waals surface area contributed by atoms with Gasteiger partial charge in [0.1, 0.15) is 0 Å². The summed E-state index contributed by atoms with van der Waals surface area (Å²) in [6.07, 6.45) is 5.02. The van der Waals surface area contributed by atoms with Crippen LogP contribution in [0.1, 0.15) is 39.0 Å². The summed E-state index contributed by atoms with van der Waals surface area (Å²) in [5.74, 6) is -0.617. The monoisotopic (exact) mass is 221 g/mol. The fourth-order valence-electron chi connectivity index (χ4n) is 2.06. The van der Waals surface area contributed by atoms with E-state index in [4.69, 9.17) is 0 Å². The molecule has 4 heteroatoms. The van der Waals surface area contributed by atoms with Crippen molar-refractivity contribution in [3.63, 3.8) is 0 Å². The molecular weight excluding hydrogens is 202 g/mol. The second-order valence-corrected chi connectivity index (χ2v) is 3.93. The molecule has 0 amide bonds. The van der Waals surface area contributed by atoms with Crippen molar-refractivity contribution in [2.45, 2.75) is 39.0 Å². The zero-order valence-electron chi connectivity index (χ0n) is 8.71. The molecule has 0 aromatic carbocycles. The fraction of sp³-hybridized carbons (Fsp3) is 0.900. The Labute approximate surface area is 91.7 Å². The number of halogens is 1. The number of carboxylic acids is 1. The summed E-state index contributed by atoms with van der Waals surface area (Å²) in [4.78, 5) is 11.1. The Hall–Kier alpha value is -0.280. The van der Waals surface area contributed by atoms with Crippen molar-refractivity contribution < 1.29 is 9.90 Å². The van der Waals surface area contributed by atoms with E-state index in [0.29, 0.717) is 6.54 Å². The molecule has 1 fully saturated rings. The summed E-state index contributed by atoms with van der Waals surface area (Å²) < 4.78 is 0. The van der Waals surface area contributed by atoms with Crippen LogP contribution >= 0.6 is 12.4 Å². The molecule has 1 rings (SSSR count). The van der Waals surface area contributed by atoms with Gasteiger partial charge in [-0.2, -0.15) is 0 Å². The summed E-state index contributed by atoms with van der Waals surface area (Å²) in [7, 11) is 0. The predicted octanol–water partition coefficient (Wildman–Crippen LogP) is 2.05. The van der Waals surface area contributed by atoms with Crippen LogP contribution in [0.25, 0.3) is 0 Å². The smallest absolute Gasteiger partial charge is 0.310 e. The summed E-state index contributed by atoms with van der Waals surface area (Å²) >= 11 is 0.